The maximum absolute atomic E-state index is 4.15. The van der Waals surface area contributed by atoms with Crippen LogP contribution in [0.25, 0.3) is 0 Å². The lowest BCUT2D eigenvalue weighted by molar-refractivity contribution is 0.235. The fourth-order valence-electron chi connectivity index (χ4n) is 2.13. The third-order valence-electron chi connectivity index (χ3n) is 3.46. The van der Waals surface area contributed by atoms with E-state index in [1.807, 2.05) is 25.5 Å². The van der Waals surface area contributed by atoms with Crippen LogP contribution in [0.1, 0.15) is 19.4 Å². The van der Waals surface area contributed by atoms with Crippen LogP contribution in [0.3, 0.4) is 0 Å². The summed E-state index contributed by atoms with van der Waals surface area (Å²) >= 11 is 0. The van der Waals surface area contributed by atoms with Crippen molar-refractivity contribution in [1.29, 1.82) is 0 Å². The van der Waals surface area contributed by atoms with Crippen LogP contribution in [-0.4, -0.2) is 43.6 Å². The molecule has 0 aliphatic carbocycles. The molecule has 0 bridgehead atoms. The summed E-state index contributed by atoms with van der Waals surface area (Å²) in [5.41, 5.74) is 1.32. The van der Waals surface area contributed by atoms with E-state index >= 15 is 0 Å². The third-order valence-corrected chi connectivity index (χ3v) is 3.46. The lowest BCUT2D eigenvalue weighted by Gasteiger charge is -2.26. The monoisotopic (exact) mass is 249 g/mol. The van der Waals surface area contributed by atoms with E-state index in [0.717, 1.165) is 32.0 Å². The summed E-state index contributed by atoms with van der Waals surface area (Å²) in [5.74, 6) is 1.44. The molecule has 1 N–H and O–H groups in total. The molecule has 0 fully saturated rings. The van der Waals surface area contributed by atoms with E-state index in [4.69, 9.17) is 0 Å². The number of nitrogens with one attached hydrogen (secondary N) is 1. The van der Waals surface area contributed by atoms with Gasteiger partial charge in [-0.3, -0.25) is 4.98 Å². The lowest BCUT2D eigenvalue weighted by atomic mass is 9.95. The van der Waals surface area contributed by atoms with E-state index in [1.54, 1.807) is 0 Å². The minimum absolute atomic E-state index is 0.717. The summed E-state index contributed by atoms with van der Waals surface area (Å²) in [7, 11) is 4.24. The van der Waals surface area contributed by atoms with Crippen LogP contribution in [0.15, 0.2) is 24.5 Å². The molecule has 0 spiro atoms. The quantitative estimate of drug-likeness (QED) is 0.764. The van der Waals surface area contributed by atoms with Crippen LogP contribution in [0.5, 0.6) is 0 Å². The highest BCUT2D eigenvalue weighted by Crippen LogP contribution is 2.11. The van der Waals surface area contributed by atoms with Crippen molar-refractivity contribution < 1.29 is 0 Å². The molecule has 1 aromatic rings. The molecule has 102 valence electrons. The fourth-order valence-corrected chi connectivity index (χ4v) is 2.13. The molecule has 0 aliphatic rings. The predicted octanol–water partition coefficient (Wildman–Crippen LogP) is 2.05. The van der Waals surface area contributed by atoms with Crippen LogP contribution in [0, 0.1) is 11.8 Å². The summed E-state index contributed by atoms with van der Waals surface area (Å²) in [4.78, 5) is 6.58. The number of rotatable bonds is 8. The topological polar surface area (TPSA) is 28.2 Å². The standard InChI is InChI=1S/C15H27N3/c1-13(2)15(11-16-3)12-18(4)9-7-14-6-5-8-17-10-14/h5-6,8,10,13,15-16H,7,9,11-12H2,1-4H3. The summed E-state index contributed by atoms with van der Waals surface area (Å²) in [6.45, 7) is 7.94. The van der Waals surface area contributed by atoms with E-state index in [9.17, 15) is 0 Å². The van der Waals surface area contributed by atoms with Crippen LogP contribution < -0.4 is 5.32 Å². The molecule has 0 saturated heterocycles. The van der Waals surface area contributed by atoms with E-state index in [1.165, 1.54) is 5.56 Å². The summed E-state index contributed by atoms with van der Waals surface area (Å²) in [6.07, 6.45) is 4.87. The molecule has 3 heteroatoms. The zero-order chi connectivity index (χ0) is 13.4. The average molecular weight is 249 g/mol. The minimum atomic E-state index is 0.717. The highest BCUT2D eigenvalue weighted by molar-refractivity contribution is 5.08. The molecule has 0 saturated carbocycles. The zero-order valence-corrected chi connectivity index (χ0v) is 12.2. The molecular weight excluding hydrogens is 222 g/mol. The van der Waals surface area contributed by atoms with Gasteiger partial charge >= 0.3 is 0 Å². The molecule has 1 heterocycles. The second-order valence-corrected chi connectivity index (χ2v) is 5.44. The highest BCUT2D eigenvalue weighted by atomic mass is 15.1. The predicted molar refractivity (Wildman–Crippen MR) is 77.7 cm³/mol. The van der Waals surface area contributed by atoms with Gasteiger partial charge in [0.25, 0.3) is 0 Å². The van der Waals surface area contributed by atoms with E-state index in [-0.39, 0.29) is 0 Å². The van der Waals surface area contributed by atoms with E-state index in [2.05, 4.69) is 42.2 Å². The Morgan fingerprint density at radius 3 is 2.72 bits per heavy atom. The molecule has 1 atom stereocenters. The van der Waals surface area contributed by atoms with Crippen molar-refractivity contribution in [2.75, 3.05) is 33.7 Å². The van der Waals surface area contributed by atoms with E-state index < -0.39 is 0 Å². The molecule has 0 radical (unpaired) electrons. The molecule has 1 aromatic heterocycles. The van der Waals surface area contributed by atoms with Gasteiger partial charge in [0.05, 0.1) is 0 Å². The second kappa shape index (κ2) is 8.22. The molecule has 3 nitrogen and oxygen atoms in total. The average Bonchev–Trinajstić information content (AvgIpc) is 2.37. The Balaban J connectivity index is 2.34. The number of hydrogen-bond donors (Lipinski definition) is 1. The Hall–Kier alpha value is -0.930. The highest BCUT2D eigenvalue weighted by Gasteiger charge is 2.14. The van der Waals surface area contributed by atoms with Crippen molar-refractivity contribution in [2.24, 2.45) is 11.8 Å². The Bertz CT molecular complexity index is 311. The number of likely N-dealkylation sites (N-methyl/N-ethyl adjacent to an activating group) is 1. The van der Waals surface area contributed by atoms with Crippen molar-refractivity contribution >= 4 is 0 Å². The second-order valence-electron chi connectivity index (χ2n) is 5.44. The minimum Gasteiger partial charge on any atom is -0.319 e. The van der Waals surface area contributed by atoms with Gasteiger partial charge in [0.15, 0.2) is 0 Å². The Morgan fingerprint density at radius 2 is 2.17 bits per heavy atom. The summed E-state index contributed by atoms with van der Waals surface area (Å²) < 4.78 is 0. The molecule has 1 unspecified atom stereocenters. The molecular formula is C15H27N3. The summed E-state index contributed by atoms with van der Waals surface area (Å²) in [6, 6.07) is 4.15. The van der Waals surface area contributed by atoms with Gasteiger partial charge in [-0.1, -0.05) is 19.9 Å². The lowest BCUT2D eigenvalue weighted by Crippen LogP contribution is -2.35. The van der Waals surface area contributed by atoms with Crippen LogP contribution in [0.2, 0.25) is 0 Å². The zero-order valence-electron chi connectivity index (χ0n) is 12.2. The van der Waals surface area contributed by atoms with Gasteiger partial charge in [0, 0.05) is 25.5 Å². The number of hydrogen-bond acceptors (Lipinski definition) is 3. The van der Waals surface area contributed by atoms with Gasteiger partial charge in [-0.15, -0.1) is 0 Å². The van der Waals surface area contributed by atoms with Crippen molar-refractivity contribution in [3.63, 3.8) is 0 Å². The SMILES string of the molecule is CNCC(CN(C)CCc1cccnc1)C(C)C. The van der Waals surface area contributed by atoms with Crippen molar-refractivity contribution in [2.45, 2.75) is 20.3 Å². The van der Waals surface area contributed by atoms with Gasteiger partial charge in [-0.05, 0) is 50.5 Å². The first-order valence-electron chi connectivity index (χ1n) is 6.85. The van der Waals surface area contributed by atoms with Crippen LogP contribution in [-0.2, 0) is 6.42 Å². The number of nitrogens with zero attached hydrogens (tertiary/aromatic N) is 2. The van der Waals surface area contributed by atoms with Gasteiger partial charge in [0.2, 0.25) is 0 Å². The Morgan fingerprint density at radius 1 is 1.39 bits per heavy atom. The smallest absolute Gasteiger partial charge is 0.0300 e. The molecule has 0 aliphatic heterocycles. The Kier molecular flexibility index (Phi) is 6.91. The van der Waals surface area contributed by atoms with Crippen molar-refractivity contribution in [1.82, 2.24) is 15.2 Å². The van der Waals surface area contributed by atoms with Gasteiger partial charge in [-0.2, -0.15) is 0 Å². The molecule has 1 rings (SSSR count). The van der Waals surface area contributed by atoms with E-state index in [0.29, 0.717) is 5.92 Å². The first-order valence-corrected chi connectivity index (χ1v) is 6.85. The Labute approximate surface area is 112 Å². The van der Waals surface area contributed by atoms with Gasteiger partial charge in [-0.25, -0.2) is 0 Å². The molecule has 0 aromatic carbocycles. The van der Waals surface area contributed by atoms with Crippen molar-refractivity contribution in [3.05, 3.63) is 30.1 Å². The maximum atomic E-state index is 4.15. The van der Waals surface area contributed by atoms with Crippen LogP contribution >= 0.6 is 0 Å². The van der Waals surface area contributed by atoms with Crippen LogP contribution in [0.4, 0.5) is 0 Å². The normalized spacial score (nSPS) is 13.2. The first kappa shape index (κ1) is 15.1. The van der Waals surface area contributed by atoms with Gasteiger partial charge in [0.1, 0.15) is 0 Å². The third kappa shape index (κ3) is 5.61. The largest absolute Gasteiger partial charge is 0.319 e. The first-order chi connectivity index (χ1) is 8.63. The number of aromatic nitrogens is 1. The maximum Gasteiger partial charge on any atom is 0.0300 e. The molecule has 0 amide bonds. The fraction of sp³-hybridized carbons (Fsp3) is 0.667. The number of pyridine rings is 1. The molecule has 18 heavy (non-hydrogen) atoms. The summed E-state index contributed by atoms with van der Waals surface area (Å²) in [5, 5.41) is 3.29. The van der Waals surface area contributed by atoms with Gasteiger partial charge < -0.3 is 10.2 Å². The van der Waals surface area contributed by atoms with Crippen molar-refractivity contribution in [3.8, 4) is 0 Å².